The maximum atomic E-state index is 11.1. The summed E-state index contributed by atoms with van der Waals surface area (Å²) in [7, 11) is -4.20. The van der Waals surface area contributed by atoms with Gasteiger partial charge in [-0.15, -0.1) is 0 Å². The minimum absolute atomic E-state index is 0.0628. The molecule has 0 radical (unpaired) electrons. The lowest BCUT2D eigenvalue weighted by Gasteiger charge is -2.08. The van der Waals surface area contributed by atoms with Gasteiger partial charge in [0.05, 0.1) is 23.9 Å². The van der Waals surface area contributed by atoms with Crippen LogP contribution in [0.2, 0.25) is 0 Å². The van der Waals surface area contributed by atoms with Crippen molar-refractivity contribution in [3.8, 4) is 0 Å². The molecular weight excluding hydrogens is 360 g/mol. The summed E-state index contributed by atoms with van der Waals surface area (Å²) in [5.74, 6) is -0.126. The van der Waals surface area contributed by atoms with Crippen molar-refractivity contribution >= 4 is 43.4 Å². The first-order valence-electron chi connectivity index (χ1n) is 6.38. The molecule has 0 fully saturated rings. The highest BCUT2D eigenvalue weighted by atomic mass is 32.2. The largest absolute Gasteiger partial charge is 0.254 e. The van der Waals surface area contributed by atoms with Crippen LogP contribution in [0.4, 0.5) is 0 Å². The summed E-state index contributed by atoms with van der Waals surface area (Å²) < 4.78 is 48.8. The van der Waals surface area contributed by atoms with Crippen LogP contribution in [-0.4, -0.2) is 66.8 Å². The van der Waals surface area contributed by atoms with Crippen LogP contribution >= 0.6 is 0 Å². The average molecular weight is 382 g/mol. The lowest BCUT2D eigenvalue weighted by atomic mass is 10.3. The second-order valence-corrected chi connectivity index (χ2v) is 8.01. The van der Waals surface area contributed by atoms with Crippen molar-refractivity contribution in [1.82, 2.24) is 20.3 Å². The summed E-state index contributed by atoms with van der Waals surface area (Å²) in [6, 6.07) is 0. The zero-order chi connectivity index (χ0) is 19.0. The van der Waals surface area contributed by atoms with E-state index in [1.807, 2.05) is 0 Å². The first kappa shape index (κ1) is 21.8. The summed E-state index contributed by atoms with van der Waals surface area (Å²) in [6.07, 6.45) is 1.96. The van der Waals surface area contributed by atoms with Crippen LogP contribution < -0.4 is 20.3 Å². The van der Waals surface area contributed by atoms with Crippen molar-refractivity contribution in [2.24, 2.45) is 20.2 Å². The molecule has 0 aromatic heterocycles. The van der Waals surface area contributed by atoms with E-state index < -0.39 is 20.0 Å². The van der Waals surface area contributed by atoms with E-state index in [4.69, 9.17) is 0 Å². The Balaban J connectivity index is 4.94. The Kier molecular flexibility index (Phi) is 8.32. The SMILES string of the molecule is CN=C(N/N=C(C)/C(C)=N/NC(=NC)NS(C)(=O)=O)NS(C)(=O)=O. The van der Waals surface area contributed by atoms with Crippen molar-refractivity contribution in [3.05, 3.63) is 0 Å². The fourth-order valence-electron chi connectivity index (χ4n) is 1.02. The molecule has 138 valence electrons. The maximum absolute atomic E-state index is 11.1. The summed E-state index contributed by atoms with van der Waals surface area (Å²) in [6.45, 7) is 3.21. The van der Waals surface area contributed by atoms with Gasteiger partial charge in [0.2, 0.25) is 32.0 Å². The van der Waals surface area contributed by atoms with Gasteiger partial charge in [0.1, 0.15) is 0 Å². The molecule has 12 nitrogen and oxygen atoms in total. The molecule has 0 spiro atoms. The van der Waals surface area contributed by atoms with Crippen molar-refractivity contribution in [1.29, 1.82) is 0 Å². The Bertz CT molecular complexity index is 699. The Labute approximate surface area is 141 Å². The van der Waals surface area contributed by atoms with Gasteiger partial charge in [-0.2, -0.15) is 10.2 Å². The van der Waals surface area contributed by atoms with Crippen molar-refractivity contribution in [2.75, 3.05) is 26.6 Å². The number of hydrogen-bond acceptors (Lipinski definition) is 8. The van der Waals surface area contributed by atoms with Crippen LogP contribution in [-0.2, 0) is 20.0 Å². The van der Waals surface area contributed by atoms with Gasteiger partial charge in [0, 0.05) is 14.1 Å². The van der Waals surface area contributed by atoms with Gasteiger partial charge in [-0.25, -0.2) is 27.7 Å². The monoisotopic (exact) mass is 382 g/mol. The zero-order valence-corrected chi connectivity index (χ0v) is 15.9. The number of hydrazone groups is 2. The minimum atomic E-state index is -3.48. The average Bonchev–Trinajstić information content (AvgIpc) is 2.44. The van der Waals surface area contributed by atoms with Gasteiger partial charge in [0.25, 0.3) is 0 Å². The van der Waals surface area contributed by atoms with E-state index >= 15 is 0 Å². The Hall–Kier alpha value is -2.22. The normalized spacial score (nSPS) is 15.1. The second-order valence-electron chi connectivity index (χ2n) is 4.51. The molecule has 0 saturated heterocycles. The van der Waals surface area contributed by atoms with E-state index in [1.165, 1.54) is 14.1 Å². The van der Waals surface area contributed by atoms with Gasteiger partial charge in [-0.3, -0.25) is 19.4 Å². The molecule has 0 aromatic rings. The number of sulfonamides is 2. The van der Waals surface area contributed by atoms with Crippen molar-refractivity contribution in [2.45, 2.75) is 13.8 Å². The third-order valence-corrected chi connectivity index (χ3v) is 3.32. The lowest BCUT2D eigenvalue weighted by Crippen LogP contribution is -2.39. The quantitative estimate of drug-likeness (QED) is 0.243. The van der Waals surface area contributed by atoms with E-state index in [1.54, 1.807) is 13.8 Å². The molecule has 0 aromatic carbocycles. The molecule has 0 amide bonds. The van der Waals surface area contributed by atoms with Crippen molar-refractivity contribution < 1.29 is 16.8 Å². The van der Waals surface area contributed by atoms with Gasteiger partial charge in [-0.05, 0) is 13.8 Å². The highest BCUT2D eigenvalue weighted by Crippen LogP contribution is 1.84. The van der Waals surface area contributed by atoms with Crippen LogP contribution in [0.3, 0.4) is 0 Å². The van der Waals surface area contributed by atoms with Crippen LogP contribution in [0.5, 0.6) is 0 Å². The zero-order valence-electron chi connectivity index (χ0n) is 14.2. The molecule has 24 heavy (non-hydrogen) atoms. The fraction of sp³-hybridized carbons (Fsp3) is 0.600. The van der Waals surface area contributed by atoms with Gasteiger partial charge < -0.3 is 0 Å². The topological polar surface area (TPSA) is 166 Å². The number of guanidine groups is 2. The van der Waals surface area contributed by atoms with E-state index in [0.29, 0.717) is 11.4 Å². The number of nitrogens with one attached hydrogen (secondary N) is 4. The molecule has 0 rings (SSSR count). The third kappa shape index (κ3) is 10.5. The van der Waals surface area contributed by atoms with Crippen molar-refractivity contribution in [3.63, 3.8) is 0 Å². The Morgan fingerprint density at radius 1 is 0.708 bits per heavy atom. The second kappa shape index (κ2) is 9.17. The standard InChI is InChI=1S/C10H22N8O4S2/c1-7(13-15-9(11-3)17-23(5,19)20)8(2)14-16-10(12-4)18-24(6,21)22/h1-6H3,(H2,11,15,17)(H2,12,16,18)/b13-7+,14-8+. The molecule has 0 heterocycles. The van der Waals surface area contributed by atoms with Gasteiger partial charge >= 0.3 is 0 Å². The number of aliphatic imine (C=N–C) groups is 2. The third-order valence-electron chi connectivity index (χ3n) is 2.19. The molecule has 0 aliphatic rings. The lowest BCUT2D eigenvalue weighted by molar-refractivity contribution is 0.595. The van der Waals surface area contributed by atoms with E-state index in [0.717, 1.165) is 12.5 Å². The smallest absolute Gasteiger partial charge is 0.232 e. The van der Waals surface area contributed by atoms with Crippen LogP contribution in [0.1, 0.15) is 13.8 Å². The molecule has 0 aliphatic carbocycles. The molecule has 0 atom stereocenters. The summed E-state index contributed by atoms with van der Waals surface area (Å²) in [5, 5.41) is 7.83. The van der Waals surface area contributed by atoms with Crippen LogP contribution in [0.15, 0.2) is 20.2 Å². The Morgan fingerprint density at radius 2 is 1.00 bits per heavy atom. The van der Waals surface area contributed by atoms with E-state index in [2.05, 4.69) is 40.5 Å². The molecule has 14 heteroatoms. The summed E-state index contributed by atoms with van der Waals surface area (Å²) in [5.41, 5.74) is 5.68. The number of nitrogens with zero attached hydrogens (tertiary/aromatic N) is 4. The first-order chi connectivity index (χ1) is 10.9. The Morgan fingerprint density at radius 3 is 1.21 bits per heavy atom. The number of hydrogen-bond donors (Lipinski definition) is 4. The van der Waals surface area contributed by atoms with Crippen LogP contribution in [0.25, 0.3) is 0 Å². The fourth-order valence-corrected chi connectivity index (χ4v) is 2.00. The highest BCUT2D eigenvalue weighted by Gasteiger charge is 2.07. The van der Waals surface area contributed by atoms with Crippen LogP contribution in [0, 0.1) is 0 Å². The van der Waals surface area contributed by atoms with Gasteiger partial charge in [0.15, 0.2) is 0 Å². The molecule has 0 bridgehead atoms. The number of rotatable bonds is 5. The highest BCUT2D eigenvalue weighted by molar-refractivity contribution is 7.89. The molecular formula is C10H22N8O4S2. The molecule has 0 aliphatic heterocycles. The predicted octanol–water partition coefficient (Wildman–Crippen LogP) is -2.01. The first-order valence-corrected chi connectivity index (χ1v) is 10.2. The summed E-state index contributed by atoms with van der Waals surface area (Å²) in [4.78, 5) is 7.38. The predicted molar refractivity (Wildman–Crippen MR) is 95.2 cm³/mol. The summed E-state index contributed by atoms with van der Waals surface area (Å²) >= 11 is 0. The molecule has 0 unspecified atom stereocenters. The van der Waals surface area contributed by atoms with E-state index in [9.17, 15) is 16.8 Å². The van der Waals surface area contributed by atoms with E-state index in [-0.39, 0.29) is 11.9 Å². The maximum Gasteiger partial charge on any atom is 0.232 e. The minimum Gasteiger partial charge on any atom is -0.254 e. The molecule has 0 saturated carbocycles. The van der Waals surface area contributed by atoms with Gasteiger partial charge in [-0.1, -0.05) is 0 Å². The molecule has 4 N–H and O–H groups in total.